The first-order valence-electron chi connectivity index (χ1n) is 5.53. The average Bonchev–Trinajstić information content (AvgIpc) is 2.69. The fraction of sp³-hybridized carbons (Fsp3) is 0.667. The quantitative estimate of drug-likeness (QED) is 0.654. The minimum atomic E-state index is 0.655. The van der Waals surface area contributed by atoms with Crippen LogP contribution in [-0.4, -0.2) is 12.6 Å². The Hall–Kier alpha value is -0.560. The normalized spacial score (nSPS) is 27.7. The SMILES string of the molecule is C1=CC(CCC2=CCCCC2)NC1. The summed E-state index contributed by atoms with van der Waals surface area (Å²) in [6.45, 7) is 1.07. The van der Waals surface area contributed by atoms with Crippen LogP contribution in [0.25, 0.3) is 0 Å². The molecule has 1 aliphatic carbocycles. The molecule has 1 heteroatoms. The Morgan fingerprint density at radius 3 is 3.08 bits per heavy atom. The molecule has 13 heavy (non-hydrogen) atoms. The third-order valence-corrected chi connectivity index (χ3v) is 3.03. The van der Waals surface area contributed by atoms with Gasteiger partial charge in [-0.1, -0.05) is 23.8 Å². The molecule has 0 fully saturated rings. The van der Waals surface area contributed by atoms with Crippen molar-refractivity contribution in [3.63, 3.8) is 0 Å². The molecule has 0 amide bonds. The van der Waals surface area contributed by atoms with Crippen molar-refractivity contribution in [2.45, 2.75) is 44.6 Å². The zero-order valence-electron chi connectivity index (χ0n) is 8.26. The Balaban J connectivity index is 1.71. The summed E-state index contributed by atoms with van der Waals surface area (Å²) in [5.74, 6) is 0. The van der Waals surface area contributed by atoms with E-state index < -0.39 is 0 Å². The van der Waals surface area contributed by atoms with Crippen molar-refractivity contribution in [3.8, 4) is 0 Å². The third-order valence-electron chi connectivity index (χ3n) is 3.03. The first-order valence-corrected chi connectivity index (χ1v) is 5.53. The summed E-state index contributed by atoms with van der Waals surface area (Å²) in [6.07, 6.45) is 15.1. The Kier molecular flexibility index (Phi) is 3.20. The van der Waals surface area contributed by atoms with Crippen molar-refractivity contribution in [1.82, 2.24) is 5.32 Å². The van der Waals surface area contributed by atoms with Crippen molar-refractivity contribution in [2.24, 2.45) is 0 Å². The highest BCUT2D eigenvalue weighted by Crippen LogP contribution is 2.22. The summed E-state index contributed by atoms with van der Waals surface area (Å²) >= 11 is 0. The van der Waals surface area contributed by atoms with E-state index in [0.717, 1.165) is 6.54 Å². The van der Waals surface area contributed by atoms with E-state index in [0.29, 0.717) is 6.04 Å². The molecular weight excluding hydrogens is 158 g/mol. The van der Waals surface area contributed by atoms with Crippen LogP contribution in [0, 0.1) is 0 Å². The van der Waals surface area contributed by atoms with Crippen LogP contribution in [-0.2, 0) is 0 Å². The Morgan fingerprint density at radius 2 is 2.38 bits per heavy atom. The second-order valence-electron chi connectivity index (χ2n) is 4.09. The predicted octanol–water partition coefficient (Wildman–Crippen LogP) is 2.80. The number of allylic oxidation sites excluding steroid dienone is 2. The van der Waals surface area contributed by atoms with Crippen LogP contribution in [0.3, 0.4) is 0 Å². The number of hydrogen-bond donors (Lipinski definition) is 1. The zero-order valence-corrected chi connectivity index (χ0v) is 8.26. The number of hydrogen-bond acceptors (Lipinski definition) is 1. The van der Waals surface area contributed by atoms with Crippen LogP contribution in [0.2, 0.25) is 0 Å². The molecule has 0 aromatic carbocycles. The molecule has 1 nitrogen and oxygen atoms in total. The van der Waals surface area contributed by atoms with E-state index in [9.17, 15) is 0 Å². The van der Waals surface area contributed by atoms with Gasteiger partial charge in [0.15, 0.2) is 0 Å². The van der Waals surface area contributed by atoms with Gasteiger partial charge in [0, 0.05) is 12.6 Å². The van der Waals surface area contributed by atoms with Gasteiger partial charge in [0.05, 0.1) is 0 Å². The van der Waals surface area contributed by atoms with Gasteiger partial charge in [0.25, 0.3) is 0 Å². The lowest BCUT2D eigenvalue weighted by molar-refractivity contribution is 0.589. The smallest absolute Gasteiger partial charge is 0.0256 e. The van der Waals surface area contributed by atoms with Crippen LogP contribution in [0.5, 0.6) is 0 Å². The molecule has 1 N–H and O–H groups in total. The maximum Gasteiger partial charge on any atom is 0.0256 e. The Bertz CT molecular complexity index is 215. The summed E-state index contributed by atoms with van der Waals surface area (Å²) in [7, 11) is 0. The van der Waals surface area contributed by atoms with E-state index in [4.69, 9.17) is 0 Å². The first-order chi connectivity index (χ1) is 6.45. The molecule has 0 aromatic heterocycles. The van der Waals surface area contributed by atoms with Gasteiger partial charge in [0.1, 0.15) is 0 Å². The van der Waals surface area contributed by atoms with Gasteiger partial charge in [-0.25, -0.2) is 0 Å². The molecule has 2 rings (SSSR count). The fourth-order valence-electron chi connectivity index (χ4n) is 2.19. The summed E-state index contributed by atoms with van der Waals surface area (Å²) in [5, 5.41) is 3.46. The third kappa shape index (κ3) is 2.70. The van der Waals surface area contributed by atoms with Crippen molar-refractivity contribution in [1.29, 1.82) is 0 Å². The predicted molar refractivity (Wildman–Crippen MR) is 56.7 cm³/mol. The molecule has 1 unspecified atom stereocenters. The lowest BCUT2D eigenvalue weighted by Gasteiger charge is -2.14. The highest BCUT2D eigenvalue weighted by molar-refractivity contribution is 5.08. The molecule has 0 saturated carbocycles. The van der Waals surface area contributed by atoms with Crippen LogP contribution in [0.15, 0.2) is 23.8 Å². The molecule has 0 bridgehead atoms. The second-order valence-corrected chi connectivity index (χ2v) is 4.09. The highest BCUT2D eigenvalue weighted by atomic mass is 14.9. The molecule has 0 aromatic rings. The zero-order chi connectivity index (χ0) is 8.93. The fourth-order valence-corrected chi connectivity index (χ4v) is 2.19. The molecule has 2 aliphatic rings. The average molecular weight is 177 g/mol. The van der Waals surface area contributed by atoms with Gasteiger partial charge >= 0.3 is 0 Å². The van der Waals surface area contributed by atoms with E-state index in [1.54, 1.807) is 5.57 Å². The van der Waals surface area contributed by atoms with Crippen LogP contribution >= 0.6 is 0 Å². The molecule has 72 valence electrons. The van der Waals surface area contributed by atoms with Gasteiger partial charge in [0.2, 0.25) is 0 Å². The standard InChI is InChI=1S/C12H19N/c1-2-5-11(6-3-1)8-9-12-7-4-10-13-12/h4-5,7,12-13H,1-3,6,8-10H2. The molecule has 1 atom stereocenters. The van der Waals surface area contributed by atoms with Crippen molar-refractivity contribution >= 4 is 0 Å². The Morgan fingerprint density at radius 1 is 1.38 bits per heavy atom. The van der Waals surface area contributed by atoms with Gasteiger partial charge in [-0.2, -0.15) is 0 Å². The Labute approximate surface area is 80.9 Å². The minimum Gasteiger partial charge on any atom is -0.307 e. The van der Waals surface area contributed by atoms with Gasteiger partial charge in [-0.05, 0) is 38.5 Å². The summed E-state index contributed by atoms with van der Waals surface area (Å²) < 4.78 is 0. The lowest BCUT2D eigenvalue weighted by Crippen LogP contribution is -2.21. The van der Waals surface area contributed by atoms with Gasteiger partial charge in [-0.15, -0.1) is 0 Å². The number of rotatable bonds is 3. The van der Waals surface area contributed by atoms with Crippen LogP contribution in [0.4, 0.5) is 0 Å². The maximum absolute atomic E-state index is 3.46. The monoisotopic (exact) mass is 177 g/mol. The topological polar surface area (TPSA) is 12.0 Å². The molecule has 1 aliphatic heterocycles. The molecule has 0 spiro atoms. The number of nitrogens with one attached hydrogen (secondary N) is 1. The van der Waals surface area contributed by atoms with E-state index in [-0.39, 0.29) is 0 Å². The summed E-state index contributed by atoms with van der Waals surface area (Å²) in [5.41, 5.74) is 1.70. The van der Waals surface area contributed by atoms with Crippen molar-refractivity contribution < 1.29 is 0 Å². The van der Waals surface area contributed by atoms with E-state index >= 15 is 0 Å². The van der Waals surface area contributed by atoms with Crippen LogP contribution in [0.1, 0.15) is 38.5 Å². The summed E-state index contributed by atoms with van der Waals surface area (Å²) in [6, 6.07) is 0.655. The summed E-state index contributed by atoms with van der Waals surface area (Å²) in [4.78, 5) is 0. The highest BCUT2D eigenvalue weighted by Gasteiger charge is 2.09. The molecular formula is C12H19N. The molecule has 0 radical (unpaired) electrons. The van der Waals surface area contributed by atoms with Gasteiger partial charge < -0.3 is 5.32 Å². The molecule has 1 heterocycles. The minimum absolute atomic E-state index is 0.655. The van der Waals surface area contributed by atoms with Gasteiger partial charge in [-0.3, -0.25) is 0 Å². The van der Waals surface area contributed by atoms with Crippen molar-refractivity contribution in [2.75, 3.05) is 6.54 Å². The maximum atomic E-state index is 3.46. The van der Waals surface area contributed by atoms with Crippen molar-refractivity contribution in [3.05, 3.63) is 23.8 Å². The van der Waals surface area contributed by atoms with E-state index in [1.165, 1.54) is 38.5 Å². The molecule has 0 saturated heterocycles. The van der Waals surface area contributed by atoms with E-state index in [2.05, 4.69) is 23.5 Å². The second kappa shape index (κ2) is 4.61. The largest absolute Gasteiger partial charge is 0.307 e. The first kappa shape index (κ1) is 9.01. The van der Waals surface area contributed by atoms with E-state index in [1.807, 2.05) is 0 Å². The lowest BCUT2D eigenvalue weighted by atomic mass is 9.95. The van der Waals surface area contributed by atoms with Crippen LogP contribution < -0.4 is 5.32 Å².